The maximum atomic E-state index is 12.4. The number of aromatic carboxylic acids is 1. The molecule has 0 radical (unpaired) electrons. The highest BCUT2D eigenvalue weighted by Gasteiger charge is 2.23. The molecule has 1 aliphatic rings. The van der Waals surface area contributed by atoms with Gasteiger partial charge >= 0.3 is 5.97 Å². The van der Waals surface area contributed by atoms with E-state index in [4.69, 9.17) is 9.84 Å². The van der Waals surface area contributed by atoms with Crippen LogP contribution in [0.5, 0.6) is 0 Å². The van der Waals surface area contributed by atoms with Crippen LogP contribution in [0.1, 0.15) is 61.4 Å². The van der Waals surface area contributed by atoms with Crippen molar-refractivity contribution in [3.05, 3.63) is 29.3 Å². The van der Waals surface area contributed by atoms with Crippen LogP contribution < -0.4 is 5.32 Å². The van der Waals surface area contributed by atoms with Crippen LogP contribution in [0, 0.1) is 6.92 Å². The molecule has 1 fully saturated rings. The summed E-state index contributed by atoms with van der Waals surface area (Å²) in [6, 6.07) is 4.90. The van der Waals surface area contributed by atoms with Gasteiger partial charge in [-0.3, -0.25) is 4.79 Å². The molecule has 1 saturated carbocycles. The number of ether oxygens (including phenoxy) is 1. The summed E-state index contributed by atoms with van der Waals surface area (Å²) in [5, 5.41) is 11.9. The number of hydrogen-bond donors (Lipinski definition) is 2. The smallest absolute Gasteiger partial charge is 0.336 e. The number of carbonyl (C=O) groups excluding carboxylic acids is 1. The fraction of sp³-hybridized carbons (Fsp3) is 0.556. The Labute approximate surface area is 137 Å². The van der Waals surface area contributed by atoms with Crippen LogP contribution in [0.4, 0.5) is 5.69 Å². The van der Waals surface area contributed by atoms with Crippen molar-refractivity contribution < 1.29 is 19.4 Å². The van der Waals surface area contributed by atoms with Crippen molar-refractivity contribution in [1.29, 1.82) is 0 Å². The lowest BCUT2D eigenvalue weighted by Gasteiger charge is -2.26. The van der Waals surface area contributed by atoms with Crippen molar-refractivity contribution in [3.63, 3.8) is 0 Å². The summed E-state index contributed by atoms with van der Waals surface area (Å²) in [5.41, 5.74) is 1.36. The Morgan fingerprint density at radius 2 is 2.00 bits per heavy atom. The topological polar surface area (TPSA) is 75.6 Å². The molecule has 5 heteroatoms. The number of amides is 1. The third-order valence-electron chi connectivity index (χ3n) is 4.31. The van der Waals surface area contributed by atoms with Gasteiger partial charge in [0, 0.05) is 5.69 Å². The summed E-state index contributed by atoms with van der Waals surface area (Å²) in [6.45, 7) is 3.65. The van der Waals surface area contributed by atoms with Gasteiger partial charge in [-0.05, 0) is 43.9 Å². The van der Waals surface area contributed by atoms with E-state index in [-0.39, 0.29) is 17.6 Å². The number of rotatable bonds is 6. The molecule has 1 unspecified atom stereocenters. The van der Waals surface area contributed by atoms with Gasteiger partial charge < -0.3 is 15.2 Å². The zero-order valence-electron chi connectivity index (χ0n) is 13.8. The Morgan fingerprint density at radius 1 is 1.30 bits per heavy atom. The summed E-state index contributed by atoms with van der Waals surface area (Å²) in [6.07, 6.45) is 5.84. The van der Waals surface area contributed by atoms with Crippen molar-refractivity contribution in [2.45, 2.75) is 64.6 Å². The van der Waals surface area contributed by atoms with Crippen LogP contribution in [0.25, 0.3) is 0 Å². The van der Waals surface area contributed by atoms with E-state index in [0.717, 1.165) is 25.7 Å². The van der Waals surface area contributed by atoms with E-state index >= 15 is 0 Å². The van der Waals surface area contributed by atoms with Gasteiger partial charge in [-0.2, -0.15) is 0 Å². The number of carbonyl (C=O) groups is 2. The van der Waals surface area contributed by atoms with Gasteiger partial charge in [-0.25, -0.2) is 4.79 Å². The highest BCUT2D eigenvalue weighted by atomic mass is 16.5. The van der Waals surface area contributed by atoms with E-state index in [2.05, 4.69) is 5.32 Å². The Morgan fingerprint density at radius 3 is 2.61 bits per heavy atom. The monoisotopic (exact) mass is 319 g/mol. The molecule has 5 nitrogen and oxygen atoms in total. The van der Waals surface area contributed by atoms with E-state index in [1.807, 2.05) is 6.92 Å². The van der Waals surface area contributed by atoms with Crippen LogP contribution in [-0.4, -0.2) is 29.2 Å². The van der Waals surface area contributed by atoms with Crippen LogP contribution in [0.2, 0.25) is 0 Å². The van der Waals surface area contributed by atoms with Gasteiger partial charge in [0.2, 0.25) is 0 Å². The molecule has 0 aliphatic heterocycles. The first-order valence-electron chi connectivity index (χ1n) is 8.31. The second kappa shape index (κ2) is 8.11. The Kier molecular flexibility index (Phi) is 6.16. The molecule has 1 aromatic rings. The first kappa shape index (κ1) is 17.5. The van der Waals surface area contributed by atoms with Crippen LogP contribution >= 0.6 is 0 Å². The maximum absolute atomic E-state index is 12.4. The third-order valence-corrected chi connectivity index (χ3v) is 4.31. The summed E-state index contributed by atoms with van der Waals surface area (Å²) < 4.78 is 5.95. The molecule has 0 aromatic heterocycles. The lowest BCUT2D eigenvalue weighted by molar-refractivity contribution is -0.132. The normalized spacial score (nSPS) is 16.8. The molecule has 126 valence electrons. The lowest BCUT2D eigenvalue weighted by atomic mass is 9.97. The Bertz CT molecular complexity index is 564. The predicted molar refractivity (Wildman–Crippen MR) is 88.8 cm³/mol. The molecule has 1 aliphatic carbocycles. The molecule has 2 N–H and O–H groups in total. The molecule has 23 heavy (non-hydrogen) atoms. The fourth-order valence-electron chi connectivity index (χ4n) is 2.93. The maximum Gasteiger partial charge on any atom is 0.336 e. The number of aryl methyl sites for hydroxylation is 1. The number of nitrogens with one attached hydrogen (secondary N) is 1. The minimum atomic E-state index is -0.996. The van der Waals surface area contributed by atoms with Crippen LogP contribution in [0.3, 0.4) is 0 Å². The Balaban J connectivity index is 2.01. The fourth-order valence-corrected chi connectivity index (χ4v) is 2.93. The summed E-state index contributed by atoms with van der Waals surface area (Å²) in [5.74, 6) is -1.21. The molecular weight excluding hydrogens is 294 g/mol. The number of hydrogen-bond acceptors (Lipinski definition) is 3. The van der Waals surface area contributed by atoms with E-state index < -0.39 is 12.1 Å². The summed E-state index contributed by atoms with van der Waals surface area (Å²) in [7, 11) is 0. The average Bonchev–Trinajstić information content (AvgIpc) is 2.55. The van der Waals surface area contributed by atoms with Crippen LogP contribution in [0.15, 0.2) is 18.2 Å². The van der Waals surface area contributed by atoms with Gasteiger partial charge in [-0.15, -0.1) is 0 Å². The molecule has 2 rings (SSSR count). The SMILES string of the molecule is CCC(OC1CCCCC1)C(=O)Nc1ccc(C)c(C(=O)O)c1. The zero-order chi connectivity index (χ0) is 16.8. The number of anilines is 1. The van der Waals surface area contributed by atoms with E-state index in [1.54, 1.807) is 19.1 Å². The highest BCUT2D eigenvalue weighted by Crippen LogP contribution is 2.23. The van der Waals surface area contributed by atoms with Gasteiger partial charge in [0.15, 0.2) is 0 Å². The molecular formula is C18H25NO4. The van der Waals surface area contributed by atoms with Crippen molar-refractivity contribution >= 4 is 17.6 Å². The van der Waals surface area contributed by atoms with E-state index in [9.17, 15) is 9.59 Å². The summed E-state index contributed by atoms with van der Waals surface area (Å²) >= 11 is 0. The second-order valence-electron chi connectivity index (χ2n) is 6.12. The first-order valence-corrected chi connectivity index (χ1v) is 8.31. The van der Waals surface area contributed by atoms with Crippen molar-refractivity contribution in [2.75, 3.05) is 5.32 Å². The molecule has 0 saturated heterocycles. The van der Waals surface area contributed by atoms with Gasteiger partial charge in [0.1, 0.15) is 6.10 Å². The number of benzene rings is 1. The van der Waals surface area contributed by atoms with Crippen molar-refractivity contribution in [3.8, 4) is 0 Å². The molecule has 1 amide bonds. The molecule has 0 spiro atoms. The third kappa shape index (κ3) is 4.79. The zero-order valence-corrected chi connectivity index (χ0v) is 13.8. The second-order valence-corrected chi connectivity index (χ2v) is 6.12. The van der Waals surface area contributed by atoms with Crippen molar-refractivity contribution in [1.82, 2.24) is 0 Å². The van der Waals surface area contributed by atoms with Crippen LogP contribution in [-0.2, 0) is 9.53 Å². The molecule has 0 heterocycles. The predicted octanol–water partition coefficient (Wildman–Crippen LogP) is 3.76. The van der Waals surface area contributed by atoms with Gasteiger partial charge in [0.25, 0.3) is 5.91 Å². The van der Waals surface area contributed by atoms with E-state index in [0.29, 0.717) is 17.7 Å². The molecule has 1 atom stereocenters. The average molecular weight is 319 g/mol. The van der Waals surface area contributed by atoms with Gasteiger partial charge in [0.05, 0.1) is 11.7 Å². The largest absolute Gasteiger partial charge is 0.478 e. The van der Waals surface area contributed by atoms with Gasteiger partial charge in [-0.1, -0.05) is 32.3 Å². The Hall–Kier alpha value is -1.88. The number of carboxylic acids is 1. The quantitative estimate of drug-likeness (QED) is 0.837. The minimum Gasteiger partial charge on any atom is -0.478 e. The number of carboxylic acid groups (broad SMARTS) is 1. The van der Waals surface area contributed by atoms with E-state index in [1.165, 1.54) is 12.5 Å². The molecule has 0 bridgehead atoms. The lowest BCUT2D eigenvalue weighted by Crippen LogP contribution is -2.34. The molecule has 1 aromatic carbocycles. The minimum absolute atomic E-state index is 0.159. The highest BCUT2D eigenvalue weighted by molar-refractivity contribution is 5.96. The van der Waals surface area contributed by atoms with Crippen molar-refractivity contribution in [2.24, 2.45) is 0 Å². The standard InChI is InChI=1S/C18H25NO4/c1-3-16(23-14-7-5-4-6-8-14)17(20)19-13-10-9-12(2)15(11-13)18(21)22/h9-11,14,16H,3-8H2,1-2H3,(H,19,20)(H,21,22). The summed E-state index contributed by atoms with van der Waals surface area (Å²) in [4.78, 5) is 23.6. The first-order chi connectivity index (χ1) is 11.0.